The van der Waals surface area contributed by atoms with Gasteiger partial charge in [0.2, 0.25) is 17.7 Å². The van der Waals surface area contributed by atoms with E-state index in [-0.39, 0.29) is 18.2 Å². The van der Waals surface area contributed by atoms with Crippen LogP contribution in [0.4, 0.5) is 0 Å². The highest BCUT2D eigenvalue weighted by molar-refractivity contribution is 5.91. The summed E-state index contributed by atoms with van der Waals surface area (Å²) >= 11 is 0. The summed E-state index contributed by atoms with van der Waals surface area (Å²) in [5, 5.41) is 5.25. The Morgan fingerprint density at radius 1 is 1.16 bits per heavy atom. The van der Waals surface area contributed by atoms with E-state index >= 15 is 0 Å². The van der Waals surface area contributed by atoms with Gasteiger partial charge < -0.3 is 20.9 Å². The van der Waals surface area contributed by atoms with Crippen molar-refractivity contribution in [3.8, 4) is 0 Å². The van der Waals surface area contributed by atoms with Gasteiger partial charge in [0.1, 0.15) is 6.04 Å². The van der Waals surface area contributed by atoms with Gasteiger partial charge in [-0.2, -0.15) is 0 Å². The predicted molar refractivity (Wildman–Crippen MR) is 94.4 cm³/mol. The van der Waals surface area contributed by atoms with Crippen LogP contribution in [0.3, 0.4) is 0 Å². The minimum Gasteiger partial charge on any atom is -0.368 e. The molecule has 25 heavy (non-hydrogen) atoms. The van der Waals surface area contributed by atoms with Crippen molar-refractivity contribution in [2.45, 2.75) is 64.5 Å². The number of hydrogen-bond donors (Lipinski definition) is 3. The average Bonchev–Trinajstić information content (AvgIpc) is 3.07. The molecule has 0 saturated heterocycles. The largest absolute Gasteiger partial charge is 0.368 e. The third-order valence-electron chi connectivity index (χ3n) is 3.83. The molecule has 0 aromatic carbocycles. The van der Waals surface area contributed by atoms with E-state index in [1.165, 1.54) is 0 Å². The van der Waals surface area contributed by atoms with Gasteiger partial charge in [-0.15, -0.1) is 0 Å². The van der Waals surface area contributed by atoms with Gasteiger partial charge >= 0.3 is 0 Å². The van der Waals surface area contributed by atoms with Crippen molar-refractivity contribution in [3.63, 3.8) is 0 Å². The third kappa shape index (κ3) is 9.49. The Kier molecular flexibility index (Phi) is 9.96. The van der Waals surface area contributed by atoms with Gasteiger partial charge in [0.15, 0.2) is 0 Å². The summed E-state index contributed by atoms with van der Waals surface area (Å²) < 4.78 is 1.83. The number of nitrogens with one attached hydrogen (secondary N) is 2. The van der Waals surface area contributed by atoms with Crippen LogP contribution in [0, 0.1) is 0 Å². The van der Waals surface area contributed by atoms with Gasteiger partial charge in [0.05, 0.1) is 12.7 Å². The summed E-state index contributed by atoms with van der Waals surface area (Å²) in [6.45, 7) is 3.12. The van der Waals surface area contributed by atoms with Gasteiger partial charge in [0.25, 0.3) is 0 Å². The number of imidazole rings is 1. The highest BCUT2D eigenvalue weighted by atomic mass is 16.2. The third-order valence-corrected chi connectivity index (χ3v) is 3.83. The lowest BCUT2D eigenvalue weighted by Gasteiger charge is -2.15. The topological polar surface area (TPSA) is 119 Å². The Bertz CT molecular complexity index is 530. The zero-order chi connectivity index (χ0) is 18.5. The van der Waals surface area contributed by atoms with E-state index in [1.807, 2.05) is 4.57 Å². The van der Waals surface area contributed by atoms with Crippen molar-refractivity contribution in [1.82, 2.24) is 20.2 Å². The van der Waals surface area contributed by atoms with Crippen LogP contribution in [0.2, 0.25) is 0 Å². The first-order valence-corrected chi connectivity index (χ1v) is 8.84. The Hall–Kier alpha value is -2.38. The first-order valence-electron chi connectivity index (χ1n) is 8.84. The van der Waals surface area contributed by atoms with Gasteiger partial charge in [0, 0.05) is 31.9 Å². The van der Waals surface area contributed by atoms with Crippen LogP contribution < -0.4 is 16.4 Å². The zero-order valence-electron chi connectivity index (χ0n) is 14.9. The maximum Gasteiger partial charge on any atom is 0.240 e. The molecule has 1 rings (SSSR count). The van der Waals surface area contributed by atoms with Crippen molar-refractivity contribution in [2.75, 3.05) is 6.54 Å². The van der Waals surface area contributed by atoms with Crippen molar-refractivity contribution < 1.29 is 14.4 Å². The molecule has 4 N–H and O–H groups in total. The molecule has 0 radical (unpaired) electrons. The number of hydrogen-bond acceptors (Lipinski definition) is 4. The molecule has 8 nitrogen and oxygen atoms in total. The average molecular weight is 351 g/mol. The molecule has 0 unspecified atom stereocenters. The molecule has 0 spiro atoms. The number of nitrogens with zero attached hydrogens (tertiary/aromatic N) is 2. The molecule has 0 saturated carbocycles. The maximum absolute atomic E-state index is 11.9. The fourth-order valence-corrected chi connectivity index (χ4v) is 2.38. The fraction of sp³-hybridized carbons (Fsp3) is 0.647. The number of unbranched alkanes of at least 4 members (excludes halogenated alkanes) is 4. The zero-order valence-corrected chi connectivity index (χ0v) is 14.9. The van der Waals surface area contributed by atoms with Crippen molar-refractivity contribution in [1.29, 1.82) is 0 Å². The number of carbonyl (C=O) groups excluding carboxylic acids is 3. The van der Waals surface area contributed by atoms with Crippen LogP contribution in [0.5, 0.6) is 0 Å². The lowest BCUT2D eigenvalue weighted by atomic mass is 10.1. The molecule has 1 aromatic heterocycles. The smallest absolute Gasteiger partial charge is 0.240 e. The molecule has 0 aliphatic heterocycles. The number of primary amides is 1. The molecule has 1 atom stereocenters. The second kappa shape index (κ2) is 12.0. The second-order valence-electron chi connectivity index (χ2n) is 6.04. The Labute approximate surface area is 148 Å². The Balaban J connectivity index is 2.26. The number of amides is 3. The van der Waals surface area contributed by atoms with E-state index in [2.05, 4.69) is 22.5 Å². The molecule has 0 aliphatic carbocycles. The SMILES string of the molecule is CCCCCCCC(=O)N[C@H](CC(=O)NCCn1ccnc1)C(N)=O. The van der Waals surface area contributed by atoms with Crippen LogP contribution in [0.15, 0.2) is 18.7 Å². The molecule has 0 bridgehead atoms. The van der Waals surface area contributed by atoms with E-state index < -0.39 is 11.9 Å². The summed E-state index contributed by atoms with van der Waals surface area (Å²) in [6, 6.07) is -0.976. The molecule has 1 aromatic rings. The predicted octanol–water partition coefficient (Wildman–Crippen LogP) is 0.720. The van der Waals surface area contributed by atoms with Gasteiger partial charge in [-0.1, -0.05) is 32.6 Å². The molecular weight excluding hydrogens is 322 g/mol. The standard InChI is InChI=1S/C17H29N5O3/c1-2-3-4-5-6-7-15(23)21-14(17(18)25)12-16(24)20-9-11-22-10-8-19-13-22/h8,10,13-14H,2-7,9,11-12H2,1H3,(H2,18,25)(H,20,24)(H,21,23)/t14-/m1/s1. The molecule has 0 fully saturated rings. The number of nitrogens with two attached hydrogens (primary N) is 1. The normalized spacial score (nSPS) is 11.7. The number of aromatic nitrogens is 2. The highest BCUT2D eigenvalue weighted by Gasteiger charge is 2.21. The summed E-state index contributed by atoms with van der Waals surface area (Å²) in [7, 11) is 0. The molecule has 3 amide bonds. The Morgan fingerprint density at radius 2 is 1.92 bits per heavy atom. The van der Waals surface area contributed by atoms with E-state index in [0.717, 1.165) is 32.1 Å². The Morgan fingerprint density at radius 3 is 2.56 bits per heavy atom. The fourth-order valence-electron chi connectivity index (χ4n) is 2.38. The van der Waals surface area contributed by atoms with Crippen LogP contribution in [-0.2, 0) is 20.9 Å². The minimum atomic E-state index is -0.976. The minimum absolute atomic E-state index is 0.152. The van der Waals surface area contributed by atoms with Crippen molar-refractivity contribution >= 4 is 17.7 Å². The van der Waals surface area contributed by atoms with Crippen molar-refractivity contribution in [2.24, 2.45) is 5.73 Å². The maximum atomic E-state index is 11.9. The van der Waals surface area contributed by atoms with Crippen LogP contribution in [-0.4, -0.2) is 39.9 Å². The number of carbonyl (C=O) groups is 3. The number of rotatable bonds is 13. The van der Waals surface area contributed by atoms with E-state index in [4.69, 9.17) is 5.73 Å². The second-order valence-corrected chi connectivity index (χ2v) is 6.04. The van der Waals surface area contributed by atoms with Crippen LogP contribution in [0.1, 0.15) is 51.9 Å². The van der Waals surface area contributed by atoms with Gasteiger partial charge in [-0.05, 0) is 6.42 Å². The van der Waals surface area contributed by atoms with Crippen LogP contribution >= 0.6 is 0 Å². The van der Waals surface area contributed by atoms with E-state index in [9.17, 15) is 14.4 Å². The molecule has 8 heteroatoms. The van der Waals surface area contributed by atoms with E-state index in [0.29, 0.717) is 19.5 Å². The molecule has 140 valence electrons. The summed E-state index contributed by atoms with van der Waals surface area (Å²) in [4.78, 5) is 39.2. The lowest BCUT2D eigenvalue weighted by Crippen LogP contribution is -2.47. The summed E-state index contributed by atoms with van der Waals surface area (Å²) in [5.74, 6) is -1.28. The molecule has 0 aliphatic rings. The monoisotopic (exact) mass is 351 g/mol. The lowest BCUT2D eigenvalue weighted by molar-refractivity contribution is -0.130. The van der Waals surface area contributed by atoms with Gasteiger partial charge in [-0.3, -0.25) is 14.4 Å². The summed E-state index contributed by atoms with van der Waals surface area (Å²) in [5.41, 5.74) is 5.29. The molecular formula is C17H29N5O3. The van der Waals surface area contributed by atoms with Gasteiger partial charge in [-0.25, -0.2) is 4.98 Å². The van der Waals surface area contributed by atoms with Crippen molar-refractivity contribution in [3.05, 3.63) is 18.7 Å². The van der Waals surface area contributed by atoms with Crippen LogP contribution in [0.25, 0.3) is 0 Å². The quantitative estimate of drug-likeness (QED) is 0.454. The summed E-state index contributed by atoms with van der Waals surface area (Å²) in [6.07, 6.45) is 10.4. The molecule has 1 heterocycles. The van der Waals surface area contributed by atoms with E-state index in [1.54, 1.807) is 18.7 Å². The first kappa shape index (κ1) is 20.7. The highest BCUT2D eigenvalue weighted by Crippen LogP contribution is 2.05. The first-order chi connectivity index (χ1) is 12.0.